The largest absolute Gasteiger partial charge is 0.399 e. The maximum atomic E-state index is 11.7. The van der Waals surface area contributed by atoms with Crippen LogP contribution in [-0.4, -0.2) is 23.4 Å². The molecule has 1 aromatic heterocycles. The number of anilines is 1. The second kappa shape index (κ2) is 5.05. The highest BCUT2D eigenvalue weighted by Gasteiger charge is 2.12. The Morgan fingerprint density at radius 2 is 2.00 bits per heavy atom. The van der Waals surface area contributed by atoms with Gasteiger partial charge in [0.05, 0.1) is 18.1 Å². The Hall–Kier alpha value is -1.82. The minimum absolute atomic E-state index is 0.0239. The first-order chi connectivity index (χ1) is 8.97. The minimum atomic E-state index is -3.33. The van der Waals surface area contributed by atoms with E-state index in [9.17, 15) is 8.42 Å². The fourth-order valence-corrected chi connectivity index (χ4v) is 2.56. The van der Waals surface area contributed by atoms with E-state index in [0.717, 1.165) is 32.9 Å². The van der Waals surface area contributed by atoms with Crippen molar-refractivity contribution in [3.05, 3.63) is 36.2 Å². The molecule has 0 fully saturated rings. The Balaban J connectivity index is 2.44. The first-order valence-corrected chi connectivity index (χ1v) is 7.75. The van der Waals surface area contributed by atoms with Gasteiger partial charge in [-0.3, -0.25) is 0 Å². The van der Waals surface area contributed by atoms with Crippen LogP contribution in [0.1, 0.15) is 19.4 Å². The van der Waals surface area contributed by atoms with Crippen LogP contribution in [-0.2, 0) is 16.4 Å². The molecule has 1 heterocycles. The molecule has 6 heteroatoms. The smallest absolute Gasteiger partial charge is 0.253 e. The molecular weight excluding hydrogens is 262 g/mol. The van der Waals surface area contributed by atoms with E-state index in [1.807, 2.05) is 25.1 Å². The number of rotatable bonds is 4. The van der Waals surface area contributed by atoms with Crippen molar-refractivity contribution in [1.82, 2.24) is 9.19 Å². The van der Waals surface area contributed by atoms with Gasteiger partial charge in [0.25, 0.3) is 10.0 Å². The third kappa shape index (κ3) is 2.63. The number of aryl methyl sites for hydroxylation is 1. The van der Waals surface area contributed by atoms with Gasteiger partial charge < -0.3 is 5.73 Å². The Labute approximate surface area is 113 Å². The van der Waals surface area contributed by atoms with Gasteiger partial charge in [-0.25, -0.2) is 8.42 Å². The van der Waals surface area contributed by atoms with E-state index in [4.69, 9.17) is 5.73 Å². The Kier molecular flexibility index (Phi) is 3.61. The zero-order valence-corrected chi connectivity index (χ0v) is 11.8. The SMILES string of the molecule is CCc1cc(-c2cnn(S(=O)(=O)CC)c2)ccc1N. The summed E-state index contributed by atoms with van der Waals surface area (Å²) in [7, 11) is -3.33. The summed E-state index contributed by atoms with van der Waals surface area (Å²) in [6.45, 7) is 3.62. The molecule has 0 aliphatic heterocycles. The highest BCUT2D eigenvalue weighted by Crippen LogP contribution is 2.24. The first kappa shape index (κ1) is 13.6. The number of nitrogens with two attached hydrogens (primary N) is 1. The van der Waals surface area contributed by atoms with E-state index in [0.29, 0.717) is 0 Å². The predicted octanol–water partition coefficient (Wildman–Crippen LogP) is 1.89. The van der Waals surface area contributed by atoms with Crippen LogP contribution in [0.5, 0.6) is 0 Å². The zero-order chi connectivity index (χ0) is 14.0. The molecule has 0 saturated heterocycles. The van der Waals surface area contributed by atoms with E-state index in [1.165, 1.54) is 6.20 Å². The summed E-state index contributed by atoms with van der Waals surface area (Å²) < 4.78 is 24.4. The molecular formula is C13H17N3O2S. The molecule has 2 aromatic rings. The minimum Gasteiger partial charge on any atom is -0.399 e. The molecule has 19 heavy (non-hydrogen) atoms. The molecule has 102 valence electrons. The van der Waals surface area contributed by atoms with Crippen molar-refractivity contribution in [2.75, 3.05) is 11.5 Å². The third-order valence-corrected chi connectivity index (χ3v) is 4.57. The van der Waals surface area contributed by atoms with Crippen molar-refractivity contribution in [1.29, 1.82) is 0 Å². The molecule has 0 aliphatic rings. The van der Waals surface area contributed by atoms with Crippen LogP contribution < -0.4 is 5.73 Å². The Bertz CT molecular complexity index is 690. The monoisotopic (exact) mass is 279 g/mol. The van der Waals surface area contributed by atoms with Gasteiger partial charge >= 0.3 is 0 Å². The number of hydrogen-bond donors (Lipinski definition) is 1. The summed E-state index contributed by atoms with van der Waals surface area (Å²) in [5, 5.41) is 3.91. The summed E-state index contributed by atoms with van der Waals surface area (Å²) in [5.41, 5.74) is 9.34. The second-order valence-electron chi connectivity index (χ2n) is 4.27. The summed E-state index contributed by atoms with van der Waals surface area (Å²) in [6.07, 6.45) is 3.92. The van der Waals surface area contributed by atoms with Gasteiger partial charge in [-0.05, 0) is 36.6 Å². The fraction of sp³-hybridized carbons (Fsp3) is 0.308. The Morgan fingerprint density at radius 1 is 1.26 bits per heavy atom. The van der Waals surface area contributed by atoms with Gasteiger partial charge in [-0.15, -0.1) is 0 Å². The first-order valence-electron chi connectivity index (χ1n) is 6.14. The van der Waals surface area contributed by atoms with Crippen molar-refractivity contribution in [2.45, 2.75) is 20.3 Å². The summed E-state index contributed by atoms with van der Waals surface area (Å²) in [4.78, 5) is 0. The van der Waals surface area contributed by atoms with E-state index < -0.39 is 10.0 Å². The van der Waals surface area contributed by atoms with E-state index >= 15 is 0 Å². The van der Waals surface area contributed by atoms with Crippen molar-refractivity contribution in [3.8, 4) is 11.1 Å². The van der Waals surface area contributed by atoms with Crippen molar-refractivity contribution in [2.24, 2.45) is 0 Å². The number of benzene rings is 1. The molecule has 0 unspecified atom stereocenters. The van der Waals surface area contributed by atoms with Gasteiger partial charge in [0, 0.05) is 11.3 Å². The van der Waals surface area contributed by atoms with Crippen molar-refractivity contribution in [3.63, 3.8) is 0 Å². The fourth-order valence-electron chi connectivity index (χ4n) is 1.83. The van der Waals surface area contributed by atoms with Gasteiger partial charge in [0.1, 0.15) is 0 Å². The molecule has 2 N–H and O–H groups in total. The van der Waals surface area contributed by atoms with E-state index in [2.05, 4.69) is 5.10 Å². The number of hydrogen-bond acceptors (Lipinski definition) is 4. The third-order valence-electron chi connectivity index (χ3n) is 3.07. The van der Waals surface area contributed by atoms with Gasteiger partial charge in [-0.2, -0.15) is 9.19 Å². The summed E-state index contributed by atoms with van der Waals surface area (Å²) in [6, 6.07) is 5.67. The lowest BCUT2D eigenvalue weighted by Gasteiger charge is -2.05. The van der Waals surface area contributed by atoms with Crippen LogP contribution in [0, 0.1) is 0 Å². The lowest BCUT2D eigenvalue weighted by molar-refractivity contribution is 0.581. The standard InChI is InChI=1S/C13H17N3O2S/c1-3-10-7-11(5-6-13(10)14)12-8-15-16(9-12)19(17,18)4-2/h5-9H,3-4,14H2,1-2H3. The lowest BCUT2D eigenvalue weighted by atomic mass is 10.0. The molecule has 0 radical (unpaired) electrons. The van der Waals surface area contributed by atoms with E-state index in [1.54, 1.807) is 13.1 Å². The molecule has 1 aromatic carbocycles. The Morgan fingerprint density at radius 3 is 2.63 bits per heavy atom. The van der Waals surface area contributed by atoms with Gasteiger partial charge in [0.15, 0.2) is 0 Å². The van der Waals surface area contributed by atoms with Crippen LogP contribution in [0.4, 0.5) is 5.69 Å². The molecule has 0 bridgehead atoms. The second-order valence-corrected chi connectivity index (χ2v) is 6.38. The molecule has 5 nitrogen and oxygen atoms in total. The normalized spacial score (nSPS) is 11.7. The molecule has 0 aliphatic carbocycles. The summed E-state index contributed by atoms with van der Waals surface area (Å²) in [5.74, 6) is 0.0239. The van der Waals surface area contributed by atoms with Crippen LogP contribution in [0.25, 0.3) is 11.1 Å². The molecule has 0 atom stereocenters. The predicted molar refractivity (Wildman–Crippen MR) is 76.3 cm³/mol. The highest BCUT2D eigenvalue weighted by atomic mass is 32.2. The zero-order valence-electron chi connectivity index (χ0n) is 11.0. The maximum Gasteiger partial charge on any atom is 0.253 e. The molecule has 0 spiro atoms. The lowest BCUT2D eigenvalue weighted by Crippen LogP contribution is -2.14. The molecule has 0 amide bonds. The average Bonchev–Trinajstić information content (AvgIpc) is 2.89. The van der Waals surface area contributed by atoms with Gasteiger partial charge in [0.2, 0.25) is 0 Å². The van der Waals surface area contributed by atoms with Crippen LogP contribution >= 0.6 is 0 Å². The van der Waals surface area contributed by atoms with E-state index in [-0.39, 0.29) is 5.75 Å². The van der Waals surface area contributed by atoms with Crippen molar-refractivity contribution >= 4 is 15.7 Å². The summed E-state index contributed by atoms with van der Waals surface area (Å²) >= 11 is 0. The average molecular weight is 279 g/mol. The quantitative estimate of drug-likeness (QED) is 0.867. The van der Waals surface area contributed by atoms with Crippen molar-refractivity contribution < 1.29 is 8.42 Å². The number of nitrogen functional groups attached to an aromatic ring is 1. The van der Waals surface area contributed by atoms with Crippen LogP contribution in [0.3, 0.4) is 0 Å². The highest BCUT2D eigenvalue weighted by molar-refractivity contribution is 7.89. The maximum absolute atomic E-state index is 11.7. The van der Waals surface area contributed by atoms with Crippen LogP contribution in [0.2, 0.25) is 0 Å². The topological polar surface area (TPSA) is 78.0 Å². The van der Waals surface area contributed by atoms with Gasteiger partial charge in [-0.1, -0.05) is 13.0 Å². The number of nitrogens with zero attached hydrogens (tertiary/aromatic N) is 2. The molecule has 2 rings (SSSR count). The van der Waals surface area contributed by atoms with Crippen LogP contribution in [0.15, 0.2) is 30.6 Å². The molecule has 0 saturated carbocycles. The number of aromatic nitrogens is 2.